The van der Waals surface area contributed by atoms with Gasteiger partial charge in [0.15, 0.2) is 0 Å². The number of nitrogens with zero attached hydrogens (tertiary/aromatic N) is 8. The highest BCUT2D eigenvalue weighted by Gasteiger charge is 2.12. The van der Waals surface area contributed by atoms with Crippen molar-refractivity contribution in [2.75, 3.05) is 0 Å². The molecule has 45 heavy (non-hydrogen) atoms. The smallest absolute Gasteiger partial charge is 0.132 e. The van der Waals surface area contributed by atoms with E-state index in [1.165, 1.54) is 36.9 Å². The number of benzene rings is 2. The second kappa shape index (κ2) is 15.1. The van der Waals surface area contributed by atoms with Crippen LogP contribution < -0.4 is 0 Å². The molecule has 0 atom stereocenters. The highest BCUT2D eigenvalue weighted by atomic mass is 35.5. The van der Waals surface area contributed by atoms with Gasteiger partial charge in [-0.15, -0.1) is 6.42 Å². The molecular weight excluding hydrogens is 594 g/mol. The Morgan fingerprint density at radius 1 is 0.644 bits per heavy atom. The maximum Gasteiger partial charge on any atom is 0.132 e. The molecule has 4 heterocycles. The maximum absolute atomic E-state index is 13.0. The van der Waals surface area contributed by atoms with Gasteiger partial charge in [0, 0.05) is 12.4 Å². The van der Waals surface area contributed by atoms with Crippen LogP contribution in [0.4, 0.5) is 8.78 Å². The SMILES string of the molecule is C#Cc1c(C)nn(-c2ccc(F)cc2)c1C.Cc1nn(-c2ccc(F)cc2)c(C)c1C#Cc1ccncn1.Clc1ccncn1. The van der Waals surface area contributed by atoms with E-state index < -0.39 is 0 Å². The van der Waals surface area contributed by atoms with Gasteiger partial charge in [-0.05, 0) is 94.3 Å². The lowest BCUT2D eigenvalue weighted by atomic mass is 10.2. The zero-order valence-electron chi connectivity index (χ0n) is 24.9. The van der Waals surface area contributed by atoms with E-state index in [-0.39, 0.29) is 11.6 Å². The normalized spacial score (nSPS) is 9.91. The van der Waals surface area contributed by atoms with Gasteiger partial charge in [-0.25, -0.2) is 38.1 Å². The van der Waals surface area contributed by atoms with Crippen LogP contribution in [0.5, 0.6) is 0 Å². The summed E-state index contributed by atoms with van der Waals surface area (Å²) in [6, 6.07) is 15.7. The Morgan fingerprint density at radius 2 is 1.13 bits per heavy atom. The van der Waals surface area contributed by atoms with E-state index in [4.69, 9.17) is 18.0 Å². The third-order valence-electron chi connectivity index (χ3n) is 6.31. The lowest BCUT2D eigenvalue weighted by Gasteiger charge is -2.03. The Kier molecular flexibility index (Phi) is 10.8. The molecule has 0 amide bonds. The van der Waals surface area contributed by atoms with E-state index in [9.17, 15) is 8.78 Å². The van der Waals surface area contributed by atoms with Crippen molar-refractivity contribution in [3.8, 4) is 35.6 Å². The fraction of sp³-hybridized carbons (Fsp3) is 0.118. The van der Waals surface area contributed by atoms with E-state index in [1.54, 1.807) is 58.2 Å². The fourth-order valence-electron chi connectivity index (χ4n) is 4.11. The van der Waals surface area contributed by atoms with Crippen molar-refractivity contribution >= 4 is 11.6 Å². The van der Waals surface area contributed by atoms with E-state index >= 15 is 0 Å². The topological polar surface area (TPSA) is 87.2 Å². The third kappa shape index (κ3) is 8.44. The Hall–Kier alpha value is -5.71. The summed E-state index contributed by atoms with van der Waals surface area (Å²) in [6.45, 7) is 7.60. The molecule has 6 rings (SSSR count). The lowest BCUT2D eigenvalue weighted by molar-refractivity contribution is 0.626. The van der Waals surface area contributed by atoms with Crippen LogP contribution in [0.2, 0.25) is 5.15 Å². The van der Waals surface area contributed by atoms with Crippen molar-refractivity contribution in [1.29, 1.82) is 0 Å². The van der Waals surface area contributed by atoms with Crippen LogP contribution in [0, 0.1) is 63.5 Å². The van der Waals surface area contributed by atoms with Crippen LogP contribution in [0.25, 0.3) is 11.4 Å². The number of halogens is 3. The summed E-state index contributed by atoms with van der Waals surface area (Å²) in [6.07, 6.45) is 11.5. The number of rotatable bonds is 2. The molecule has 11 heteroatoms. The van der Waals surface area contributed by atoms with Gasteiger partial charge < -0.3 is 0 Å². The Balaban J connectivity index is 0.000000174. The average Bonchev–Trinajstić information content (AvgIpc) is 3.50. The van der Waals surface area contributed by atoms with Crippen molar-refractivity contribution < 1.29 is 8.78 Å². The van der Waals surface area contributed by atoms with Crippen LogP contribution in [0.1, 0.15) is 39.6 Å². The van der Waals surface area contributed by atoms with Gasteiger partial charge in [-0.1, -0.05) is 23.4 Å². The lowest BCUT2D eigenvalue weighted by Crippen LogP contribution is -1.99. The predicted octanol–water partition coefficient (Wildman–Crippen LogP) is 6.56. The second-order valence-electron chi connectivity index (χ2n) is 9.39. The molecule has 0 saturated heterocycles. The zero-order chi connectivity index (χ0) is 32.3. The number of aryl methyl sites for hydroxylation is 2. The van der Waals surface area contributed by atoms with Gasteiger partial charge in [0.2, 0.25) is 0 Å². The molecule has 4 aromatic heterocycles. The summed E-state index contributed by atoms with van der Waals surface area (Å²) in [5, 5.41) is 9.30. The van der Waals surface area contributed by atoms with Crippen LogP contribution in [0.3, 0.4) is 0 Å². The maximum atomic E-state index is 13.0. The minimum absolute atomic E-state index is 0.262. The first-order valence-corrected chi connectivity index (χ1v) is 13.9. The minimum atomic E-state index is -0.269. The van der Waals surface area contributed by atoms with E-state index in [0.717, 1.165) is 45.3 Å². The van der Waals surface area contributed by atoms with E-state index in [0.29, 0.717) is 10.8 Å². The zero-order valence-corrected chi connectivity index (χ0v) is 25.6. The molecule has 0 aliphatic carbocycles. The second-order valence-corrected chi connectivity index (χ2v) is 9.78. The predicted molar refractivity (Wildman–Crippen MR) is 169 cm³/mol. The van der Waals surface area contributed by atoms with Crippen LogP contribution >= 0.6 is 11.6 Å². The first-order chi connectivity index (χ1) is 21.7. The molecule has 0 aliphatic heterocycles. The highest BCUT2D eigenvalue weighted by Crippen LogP contribution is 2.18. The molecule has 0 spiro atoms. The molecule has 0 bridgehead atoms. The quantitative estimate of drug-likeness (QED) is 0.161. The van der Waals surface area contributed by atoms with Crippen molar-refractivity contribution in [1.82, 2.24) is 39.5 Å². The summed E-state index contributed by atoms with van der Waals surface area (Å²) in [4.78, 5) is 15.2. The fourth-order valence-corrected chi connectivity index (χ4v) is 4.21. The molecule has 0 aliphatic rings. The molecule has 8 nitrogen and oxygen atoms in total. The molecular formula is C34H27ClF2N8. The average molecular weight is 621 g/mol. The number of hydrogen-bond acceptors (Lipinski definition) is 6. The molecule has 224 valence electrons. The van der Waals surface area contributed by atoms with Crippen LogP contribution in [-0.2, 0) is 0 Å². The van der Waals surface area contributed by atoms with Gasteiger partial charge in [0.1, 0.15) is 35.1 Å². The molecule has 0 saturated carbocycles. The van der Waals surface area contributed by atoms with Crippen molar-refractivity contribution in [3.05, 3.63) is 142 Å². The molecule has 0 N–H and O–H groups in total. The molecule has 0 radical (unpaired) electrons. The van der Waals surface area contributed by atoms with Crippen molar-refractivity contribution in [2.45, 2.75) is 27.7 Å². The van der Waals surface area contributed by atoms with Gasteiger partial charge in [0.25, 0.3) is 0 Å². The van der Waals surface area contributed by atoms with Gasteiger partial charge in [0.05, 0.1) is 45.3 Å². The first kappa shape index (κ1) is 32.2. The molecule has 0 fully saturated rings. The Bertz CT molecular complexity index is 1970. The summed E-state index contributed by atoms with van der Waals surface area (Å²) < 4.78 is 29.3. The summed E-state index contributed by atoms with van der Waals surface area (Å²) in [5.74, 6) is 8.18. The summed E-state index contributed by atoms with van der Waals surface area (Å²) >= 11 is 5.39. The number of hydrogen-bond donors (Lipinski definition) is 0. The van der Waals surface area contributed by atoms with Gasteiger partial charge >= 0.3 is 0 Å². The highest BCUT2D eigenvalue weighted by molar-refractivity contribution is 6.29. The molecule has 0 unspecified atom stereocenters. The standard InChI is InChI=1S/C17H13FN4.C13H11FN2.C4H3ClN2/c1-12-17(8-5-15-9-10-19-11-20-15)13(2)22(21-12)16-6-3-14(18)4-7-16;1-4-13-9(2)15-16(10(13)3)12-7-5-11(14)6-8-12;5-4-1-2-6-3-7-4/h3-4,6-7,9-11H,1-2H3;1,5-8H,2-3H3;1-3H. The largest absolute Gasteiger partial charge is 0.245 e. The third-order valence-corrected chi connectivity index (χ3v) is 6.54. The number of terminal acetylenes is 1. The van der Waals surface area contributed by atoms with E-state index in [1.807, 2.05) is 27.7 Å². The Labute approximate surface area is 264 Å². The molecule has 2 aromatic carbocycles. The van der Waals surface area contributed by atoms with Crippen LogP contribution in [0.15, 0.2) is 85.7 Å². The molecule has 6 aromatic rings. The Morgan fingerprint density at radius 3 is 1.53 bits per heavy atom. The first-order valence-electron chi connectivity index (χ1n) is 13.5. The monoisotopic (exact) mass is 620 g/mol. The minimum Gasteiger partial charge on any atom is -0.245 e. The van der Waals surface area contributed by atoms with Crippen LogP contribution in [-0.4, -0.2) is 39.5 Å². The number of aromatic nitrogens is 8. The van der Waals surface area contributed by atoms with E-state index in [2.05, 4.69) is 47.9 Å². The van der Waals surface area contributed by atoms with Crippen molar-refractivity contribution in [2.24, 2.45) is 0 Å². The van der Waals surface area contributed by atoms with Crippen molar-refractivity contribution in [3.63, 3.8) is 0 Å². The van der Waals surface area contributed by atoms with Gasteiger partial charge in [-0.2, -0.15) is 10.2 Å². The summed E-state index contributed by atoms with van der Waals surface area (Å²) in [7, 11) is 0. The van der Waals surface area contributed by atoms with Gasteiger partial charge in [-0.3, -0.25) is 0 Å². The summed E-state index contributed by atoms with van der Waals surface area (Å²) in [5.41, 5.74) is 7.35.